The van der Waals surface area contributed by atoms with E-state index in [1.54, 1.807) is 11.3 Å². The average Bonchev–Trinajstić information content (AvgIpc) is 2.85. The van der Waals surface area contributed by atoms with Crippen LogP contribution in [-0.4, -0.2) is 11.0 Å². The Morgan fingerprint density at radius 3 is 2.61 bits per heavy atom. The molecule has 0 bridgehead atoms. The summed E-state index contributed by atoms with van der Waals surface area (Å²) in [5.41, 5.74) is 1.35. The molecule has 0 aliphatic carbocycles. The summed E-state index contributed by atoms with van der Waals surface area (Å²) in [5.74, 6) is 0. The van der Waals surface area contributed by atoms with Crippen LogP contribution >= 0.6 is 27.3 Å². The Bertz CT molecular complexity index is 467. The summed E-state index contributed by atoms with van der Waals surface area (Å²) < 4.78 is 1.13. The Morgan fingerprint density at radius 1 is 1.28 bits per heavy atom. The predicted molar refractivity (Wildman–Crippen MR) is 81.0 cm³/mol. The van der Waals surface area contributed by atoms with Crippen molar-refractivity contribution in [1.29, 1.82) is 0 Å². The van der Waals surface area contributed by atoms with Gasteiger partial charge in [-0.05, 0) is 38.0 Å². The second-order valence-electron chi connectivity index (χ2n) is 4.49. The second-order valence-corrected chi connectivity index (χ2v) is 6.33. The number of thiazole rings is 1. The Balaban J connectivity index is 1.88. The van der Waals surface area contributed by atoms with E-state index >= 15 is 0 Å². The van der Waals surface area contributed by atoms with Crippen molar-refractivity contribution in [2.45, 2.75) is 32.4 Å². The lowest BCUT2D eigenvalue weighted by molar-refractivity contribution is 0.476. The van der Waals surface area contributed by atoms with Crippen LogP contribution in [0.15, 0.2) is 40.3 Å². The van der Waals surface area contributed by atoms with Crippen LogP contribution in [0, 0.1) is 0 Å². The molecule has 4 heteroatoms. The standard InChI is InChI=1S/C14H17BrN2S/c1-10(9-12-3-5-13(15)6-4-12)17-11(2)14-16-7-8-18-14/h3-8,10-11,17H,9H2,1-2H3. The zero-order valence-corrected chi connectivity index (χ0v) is 13.0. The van der Waals surface area contributed by atoms with Crippen LogP contribution < -0.4 is 5.32 Å². The number of benzene rings is 1. The third-order valence-electron chi connectivity index (χ3n) is 2.81. The van der Waals surface area contributed by atoms with Crippen LogP contribution in [0.3, 0.4) is 0 Å². The minimum absolute atomic E-state index is 0.315. The third-order valence-corrected chi connectivity index (χ3v) is 4.30. The molecule has 1 aromatic carbocycles. The summed E-state index contributed by atoms with van der Waals surface area (Å²) in [4.78, 5) is 4.34. The van der Waals surface area contributed by atoms with Gasteiger partial charge >= 0.3 is 0 Å². The number of nitrogens with zero attached hydrogens (tertiary/aromatic N) is 1. The molecule has 2 aromatic rings. The molecule has 2 atom stereocenters. The number of halogens is 1. The molecule has 2 nitrogen and oxygen atoms in total. The molecular formula is C14H17BrN2S. The molecule has 0 aliphatic rings. The van der Waals surface area contributed by atoms with Gasteiger partial charge in [-0.1, -0.05) is 28.1 Å². The van der Waals surface area contributed by atoms with Crippen molar-refractivity contribution in [3.05, 3.63) is 50.9 Å². The van der Waals surface area contributed by atoms with Gasteiger partial charge in [-0.25, -0.2) is 4.98 Å². The van der Waals surface area contributed by atoms with Gasteiger partial charge in [-0.3, -0.25) is 0 Å². The molecule has 2 rings (SSSR count). The molecule has 0 saturated heterocycles. The largest absolute Gasteiger partial charge is 0.305 e. The molecule has 1 heterocycles. The number of hydrogen-bond donors (Lipinski definition) is 1. The van der Waals surface area contributed by atoms with Gasteiger partial charge in [-0.15, -0.1) is 11.3 Å². The van der Waals surface area contributed by atoms with E-state index in [0.717, 1.165) is 15.9 Å². The van der Waals surface area contributed by atoms with Gasteiger partial charge in [0.05, 0.1) is 6.04 Å². The van der Waals surface area contributed by atoms with Crippen molar-refractivity contribution >= 4 is 27.3 Å². The average molecular weight is 325 g/mol. The lowest BCUT2D eigenvalue weighted by Crippen LogP contribution is -2.30. The van der Waals surface area contributed by atoms with Gasteiger partial charge in [0.1, 0.15) is 5.01 Å². The van der Waals surface area contributed by atoms with Crippen LogP contribution in [0.25, 0.3) is 0 Å². The van der Waals surface area contributed by atoms with E-state index in [9.17, 15) is 0 Å². The molecule has 96 valence electrons. The van der Waals surface area contributed by atoms with Gasteiger partial charge in [0.2, 0.25) is 0 Å². The van der Waals surface area contributed by atoms with Gasteiger partial charge in [-0.2, -0.15) is 0 Å². The first-order valence-corrected chi connectivity index (χ1v) is 7.72. The maximum Gasteiger partial charge on any atom is 0.109 e. The van der Waals surface area contributed by atoms with E-state index in [-0.39, 0.29) is 0 Å². The lowest BCUT2D eigenvalue weighted by Gasteiger charge is -2.18. The fraction of sp³-hybridized carbons (Fsp3) is 0.357. The lowest BCUT2D eigenvalue weighted by atomic mass is 10.1. The van der Waals surface area contributed by atoms with Crippen molar-refractivity contribution in [2.24, 2.45) is 0 Å². The molecule has 0 amide bonds. The SMILES string of the molecule is CC(Cc1ccc(Br)cc1)NC(C)c1nccs1. The highest BCUT2D eigenvalue weighted by molar-refractivity contribution is 9.10. The van der Waals surface area contributed by atoms with Gasteiger partial charge in [0.25, 0.3) is 0 Å². The fourth-order valence-electron chi connectivity index (χ4n) is 1.98. The first-order valence-electron chi connectivity index (χ1n) is 6.05. The summed E-state index contributed by atoms with van der Waals surface area (Å²) >= 11 is 5.16. The van der Waals surface area contributed by atoms with E-state index in [4.69, 9.17) is 0 Å². The molecule has 0 saturated carbocycles. The van der Waals surface area contributed by atoms with Crippen molar-refractivity contribution in [2.75, 3.05) is 0 Å². The van der Waals surface area contributed by atoms with Gasteiger partial charge < -0.3 is 5.32 Å². The van der Waals surface area contributed by atoms with E-state index in [2.05, 4.69) is 64.3 Å². The molecule has 0 radical (unpaired) electrons. The van der Waals surface area contributed by atoms with E-state index in [0.29, 0.717) is 12.1 Å². The van der Waals surface area contributed by atoms with Crippen LogP contribution in [0.5, 0.6) is 0 Å². The fourth-order valence-corrected chi connectivity index (χ4v) is 2.90. The highest BCUT2D eigenvalue weighted by Gasteiger charge is 2.11. The number of rotatable bonds is 5. The predicted octanol–water partition coefficient (Wildman–Crippen LogP) is 4.19. The highest BCUT2D eigenvalue weighted by atomic mass is 79.9. The summed E-state index contributed by atoms with van der Waals surface area (Å²) in [7, 11) is 0. The third kappa shape index (κ3) is 3.90. The summed E-state index contributed by atoms with van der Waals surface area (Å²) in [6, 6.07) is 9.26. The minimum atomic E-state index is 0.315. The number of aromatic nitrogens is 1. The van der Waals surface area contributed by atoms with Crippen molar-refractivity contribution < 1.29 is 0 Å². The van der Waals surface area contributed by atoms with E-state index < -0.39 is 0 Å². The molecular weight excluding hydrogens is 308 g/mol. The van der Waals surface area contributed by atoms with Crippen molar-refractivity contribution in [3.8, 4) is 0 Å². The zero-order valence-electron chi connectivity index (χ0n) is 10.6. The van der Waals surface area contributed by atoms with E-state index in [1.165, 1.54) is 5.56 Å². The molecule has 0 fully saturated rings. The maximum absolute atomic E-state index is 4.34. The summed E-state index contributed by atoms with van der Waals surface area (Å²) in [5, 5.41) is 6.75. The summed E-state index contributed by atoms with van der Waals surface area (Å²) in [6.07, 6.45) is 2.89. The molecule has 2 unspecified atom stereocenters. The molecule has 0 spiro atoms. The monoisotopic (exact) mass is 324 g/mol. The first kappa shape index (κ1) is 13.7. The molecule has 1 N–H and O–H groups in total. The van der Waals surface area contributed by atoms with Crippen LogP contribution in [-0.2, 0) is 6.42 Å². The van der Waals surface area contributed by atoms with Gasteiger partial charge in [0.15, 0.2) is 0 Å². The van der Waals surface area contributed by atoms with Crippen LogP contribution in [0.4, 0.5) is 0 Å². The first-order chi connectivity index (χ1) is 8.65. The molecule has 18 heavy (non-hydrogen) atoms. The van der Waals surface area contributed by atoms with Crippen LogP contribution in [0.1, 0.15) is 30.5 Å². The normalized spacial score (nSPS) is 14.4. The molecule has 0 aliphatic heterocycles. The quantitative estimate of drug-likeness (QED) is 0.892. The maximum atomic E-state index is 4.34. The van der Waals surface area contributed by atoms with Crippen molar-refractivity contribution in [1.82, 2.24) is 10.3 Å². The number of hydrogen-bond acceptors (Lipinski definition) is 3. The Morgan fingerprint density at radius 2 is 2.00 bits per heavy atom. The Kier molecular flexibility index (Phi) is 4.92. The van der Waals surface area contributed by atoms with E-state index in [1.807, 2.05) is 11.6 Å². The minimum Gasteiger partial charge on any atom is -0.305 e. The Labute approximate surface area is 121 Å². The topological polar surface area (TPSA) is 24.9 Å². The summed E-state index contributed by atoms with van der Waals surface area (Å²) in [6.45, 7) is 4.38. The zero-order chi connectivity index (χ0) is 13.0. The molecule has 1 aromatic heterocycles. The second kappa shape index (κ2) is 6.45. The smallest absolute Gasteiger partial charge is 0.109 e. The van der Waals surface area contributed by atoms with Gasteiger partial charge in [0, 0.05) is 22.1 Å². The highest BCUT2D eigenvalue weighted by Crippen LogP contribution is 2.17. The number of nitrogens with one attached hydrogen (secondary N) is 1. The van der Waals surface area contributed by atoms with Crippen LogP contribution in [0.2, 0.25) is 0 Å². The Hall–Kier alpha value is -0.710. The van der Waals surface area contributed by atoms with Crippen molar-refractivity contribution in [3.63, 3.8) is 0 Å².